The van der Waals surface area contributed by atoms with Crippen molar-refractivity contribution in [3.05, 3.63) is 53.8 Å². The SMILES string of the molecule is COc1ccc(-c2cc(C(C)N)ccc2F)cc1. The number of hydrogen-bond donors (Lipinski definition) is 1. The molecule has 0 saturated carbocycles. The first-order valence-electron chi connectivity index (χ1n) is 5.81. The van der Waals surface area contributed by atoms with E-state index < -0.39 is 0 Å². The topological polar surface area (TPSA) is 35.2 Å². The van der Waals surface area contributed by atoms with E-state index in [-0.39, 0.29) is 11.9 Å². The molecular formula is C15H16FNO. The maximum absolute atomic E-state index is 13.8. The Morgan fingerprint density at radius 3 is 2.33 bits per heavy atom. The molecule has 1 atom stereocenters. The molecule has 2 rings (SSSR count). The Morgan fingerprint density at radius 1 is 1.11 bits per heavy atom. The van der Waals surface area contributed by atoms with Crippen molar-refractivity contribution in [3.8, 4) is 16.9 Å². The lowest BCUT2D eigenvalue weighted by atomic mass is 10.00. The molecule has 0 aliphatic rings. The zero-order valence-electron chi connectivity index (χ0n) is 10.5. The smallest absolute Gasteiger partial charge is 0.131 e. The van der Waals surface area contributed by atoms with Gasteiger partial charge in [0.25, 0.3) is 0 Å². The van der Waals surface area contributed by atoms with Gasteiger partial charge in [-0.2, -0.15) is 0 Å². The van der Waals surface area contributed by atoms with Crippen molar-refractivity contribution in [1.82, 2.24) is 0 Å². The second kappa shape index (κ2) is 5.19. The van der Waals surface area contributed by atoms with Crippen LogP contribution in [0.4, 0.5) is 4.39 Å². The average molecular weight is 245 g/mol. The third kappa shape index (κ3) is 2.51. The molecule has 94 valence electrons. The molecule has 0 aromatic heterocycles. The third-order valence-corrected chi connectivity index (χ3v) is 2.92. The summed E-state index contributed by atoms with van der Waals surface area (Å²) in [5.41, 5.74) is 8.11. The quantitative estimate of drug-likeness (QED) is 0.898. The Morgan fingerprint density at radius 2 is 1.78 bits per heavy atom. The number of nitrogens with two attached hydrogens (primary N) is 1. The molecule has 0 fully saturated rings. The Hall–Kier alpha value is -1.87. The number of ether oxygens (including phenoxy) is 1. The predicted molar refractivity (Wildman–Crippen MR) is 71.0 cm³/mol. The highest BCUT2D eigenvalue weighted by molar-refractivity contribution is 5.65. The van der Waals surface area contributed by atoms with Gasteiger partial charge < -0.3 is 10.5 Å². The summed E-state index contributed by atoms with van der Waals surface area (Å²) in [5, 5.41) is 0. The molecule has 3 heteroatoms. The molecule has 0 radical (unpaired) electrons. The van der Waals surface area contributed by atoms with Gasteiger partial charge in [-0.05, 0) is 42.3 Å². The molecule has 0 aliphatic heterocycles. The summed E-state index contributed by atoms with van der Waals surface area (Å²) in [7, 11) is 1.60. The van der Waals surface area contributed by atoms with Gasteiger partial charge >= 0.3 is 0 Å². The second-order valence-corrected chi connectivity index (χ2v) is 4.26. The number of halogens is 1. The van der Waals surface area contributed by atoms with E-state index in [4.69, 9.17) is 10.5 Å². The van der Waals surface area contributed by atoms with Gasteiger partial charge in [-0.25, -0.2) is 4.39 Å². The van der Waals surface area contributed by atoms with E-state index in [9.17, 15) is 4.39 Å². The van der Waals surface area contributed by atoms with Crippen molar-refractivity contribution >= 4 is 0 Å². The van der Waals surface area contributed by atoms with Crippen molar-refractivity contribution < 1.29 is 9.13 Å². The summed E-state index contributed by atoms with van der Waals surface area (Å²) in [4.78, 5) is 0. The summed E-state index contributed by atoms with van der Waals surface area (Å²) in [6, 6.07) is 12.2. The highest BCUT2D eigenvalue weighted by Gasteiger charge is 2.08. The van der Waals surface area contributed by atoms with Gasteiger partial charge in [-0.3, -0.25) is 0 Å². The minimum Gasteiger partial charge on any atom is -0.497 e. The van der Waals surface area contributed by atoms with Gasteiger partial charge in [-0.15, -0.1) is 0 Å². The summed E-state index contributed by atoms with van der Waals surface area (Å²) >= 11 is 0. The maximum Gasteiger partial charge on any atom is 0.131 e. The number of methoxy groups -OCH3 is 1. The summed E-state index contributed by atoms with van der Waals surface area (Å²) in [5.74, 6) is 0.507. The fourth-order valence-electron chi connectivity index (χ4n) is 1.82. The van der Waals surface area contributed by atoms with E-state index >= 15 is 0 Å². The fraction of sp³-hybridized carbons (Fsp3) is 0.200. The van der Waals surface area contributed by atoms with Crippen LogP contribution in [0, 0.1) is 5.82 Å². The standard InChI is InChI=1S/C15H16FNO/c1-10(17)12-5-8-15(16)14(9-12)11-3-6-13(18-2)7-4-11/h3-10H,17H2,1-2H3. The molecule has 18 heavy (non-hydrogen) atoms. The molecule has 2 N–H and O–H groups in total. The molecule has 1 unspecified atom stereocenters. The van der Waals surface area contributed by atoms with Crippen molar-refractivity contribution in [2.75, 3.05) is 7.11 Å². The van der Waals surface area contributed by atoms with Gasteiger partial charge in [0.15, 0.2) is 0 Å². The van der Waals surface area contributed by atoms with Gasteiger partial charge in [-0.1, -0.05) is 18.2 Å². The normalized spacial score (nSPS) is 12.2. The van der Waals surface area contributed by atoms with Crippen LogP contribution in [0.2, 0.25) is 0 Å². The minimum absolute atomic E-state index is 0.109. The summed E-state index contributed by atoms with van der Waals surface area (Å²) in [6.45, 7) is 1.88. The van der Waals surface area contributed by atoms with E-state index in [0.29, 0.717) is 5.56 Å². The predicted octanol–water partition coefficient (Wildman–Crippen LogP) is 3.52. The molecule has 0 amide bonds. The Balaban J connectivity index is 2.45. The largest absolute Gasteiger partial charge is 0.497 e. The number of benzene rings is 2. The van der Waals surface area contributed by atoms with Crippen LogP contribution in [0.3, 0.4) is 0 Å². The van der Waals surface area contributed by atoms with Crippen LogP contribution in [-0.2, 0) is 0 Å². The van der Waals surface area contributed by atoms with Crippen LogP contribution in [-0.4, -0.2) is 7.11 Å². The fourth-order valence-corrected chi connectivity index (χ4v) is 1.82. The highest BCUT2D eigenvalue weighted by atomic mass is 19.1. The van der Waals surface area contributed by atoms with Gasteiger partial charge in [0.05, 0.1) is 7.11 Å². The third-order valence-electron chi connectivity index (χ3n) is 2.92. The monoisotopic (exact) mass is 245 g/mol. The second-order valence-electron chi connectivity index (χ2n) is 4.26. The van der Waals surface area contributed by atoms with Crippen molar-refractivity contribution in [3.63, 3.8) is 0 Å². The van der Waals surface area contributed by atoms with E-state index in [1.807, 2.05) is 31.2 Å². The van der Waals surface area contributed by atoms with Crippen molar-refractivity contribution in [1.29, 1.82) is 0 Å². The van der Waals surface area contributed by atoms with E-state index in [1.165, 1.54) is 6.07 Å². The van der Waals surface area contributed by atoms with E-state index in [2.05, 4.69) is 0 Å². The first-order chi connectivity index (χ1) is 8.61. The van der Waals surface area contributed by atoms with Gasteiger partial charge in [0.1, 0.15) is 11.6 Å². The molecule has 2 aromatic carbocycles. The first-order valence-corrected chi connectivity index (χ1v) is 5.81. The molecular weight excluding hydrogens is 229 g/mol. The van der Waals surface area contributed by atoms with Crippen LogP contribution in [0.15, 0.2) is 42.5 Å². The Bertz CT molecular complexity index is 535. The number of hydrogen-bond acceptors (Lipinski definition) is 2. The van der Waals surface area contributed by atoms with Crippen LogP contribution in [0.1, 0.15) is 18.5 Å². The average Bonchev–Trinajstić information content (AvgIpc) is 2.39. The van der Waals surface area contributed by atoms with Crippen LogP contribution in [0.5, 0.6) is 5.75 Å². The van der Waals surface area contributed by atoms with Crippen LogP contribution in [0.25, 0.3) is 11.1 Å². The minimum atomic E-state index is -0.246. The molecule has 2 nitrogen and oxygen atoms in total. The zero-order chi connectivity index (χ0) is 13.1. The van der Waals surface area contributed by atoms with E-state index in [0.717, 1.165) is 16.9 Å². The zero-order valence-corrected chi connectivity index (χ0v) is 10.5. The van der Waals surface area contributed by atoms with Gasteiger partial charge in [0, 0.05) is 11.6 Å². The summed E-state index contributed by atoms with van der Waals surface area (Å²) in [6.07, 6.45) is 0. The van der Waals surface area contributed by atoms with Crippen LogP contribution < -0.4 is 10.5 Å². The van der Waals surface area contributed by atoms with Crippen molar-refractivity contribution in [2.45, 2.75) is 13.0 Å². The lowest BCUT2D eigenvalue weighted by Crippen LogP contribution is -2.05. The van der Waals surface area contributed by atoms with Gasteiger partial charge in [0.2, 0.25) is 0 Å². The molecule has 0 bridgehead atoms. The lowest BCUT2D eigenvalue weighted by molar-refractivity contribution is 0.415. The summed E-state index contributed by atoms with van der Waals surface area (Å²) < 4.78 is 18.9. The number of rotatable bonds is 3. The highest BCUT2D eigenvalue weighted by Crippen LogP contribution is 2.27. The molecule has 0 aliphatic carbocycles. The van der Waals surface area contributed by atoms with Crippen LogP contribution >= 0.6 is 0 Å². The molecule has 0 heterocycles. The lowest BCUT2D eigenvalue weighted by Gasteiger charge is -2.10. The Kier molecular flexibility index (Phi) is 3.63. The maximum atomic E-state index is 13.8. The molecule has 0 spiro atoms. The molecule has 2 aromatic rings. The van der Waals surface area contributed by atoms with E-state index in [1.54, 1.807) is 19.2 Å². The first kappa shape index (κ1) is 12.6. The molecule has 0 saturated heterocycles. The van der Waals surface area contributed by atoms with Crippen molar-refractivity contribution in [2.24, 2.45) is 5.73 Å². The Labute approximate surface area is 106 Å².